The second kappa shape index (κ2) is 13.6. The zero-order valence-corrected chi connectivity index (χ0v) is 23.0. The predicted molar refractivity (Wildman–Crippen MR) is 159 cm³/mol. The fourth-order valence-corrected chi connectivity index (χ4v) is 4.49. The molecule has 0 radical (unpaired) electrons. The van der Waals surface area contributed by atoms with Gasteiger partial charge in [0.15, 0.2) is 0 Å². The Morgan fingerprint density at radius 3 is 2.30 bits per heavy atom. The number of nitrogens with one attached hydrogen (secondary N) is 3. The number of anilines is 2. The molecule has 0 saturated carbocycles. The molecule has 0 atom stereocenters. The molecule has 4 aromatic carbocycles. The van der Waals surface area contributed by atoms with Gasteiger partial charge in [-0.25, -0.2) is 4.39 Å². The van der Waals surface area contributed by atoms with Crippen LogP contribution in [0.1, 0.15) is 21.5 Å². The summed E-state index contributed by atoms with van der Waals surface area (Å²) in [5.41, 5.74) is 3.20. The van der Waals surface area contributed by atoms with Crippen LogP contribution >= 0.6 is 23.4 Å². The van der Waals surface area contributed by atoms with Crippen molar-refractivity contribution >= 4 is 58.5 Å². The Morgan fingerprint density at radius 2 is 1.57 bits per heavy atom. The summed E-state index contributed by atoms with van der Waals surface area (Å²) >= 11 is 7.03. The van der Waals surface area contributed by atoms with Crippen molar-refractivity contribution in [1.29, 1.82) is 0 Å². The number of rotatable bonds is 9. The fourth-order valence-electron chi connectivity index (χ4n) is 3.55. The van der Waals surface area contributed by atoms with Gasteiger partial charge in [-0.1, -0.05) is 65.7 Å². The number of aryl methyl sites for hydroxylation is 1. The van der Waals surface area contributed by atoms with Crippen LogP contribution in [-0.2, 0) is 9.59 Å². The van der Waals surface area contributed by atoms with E-state index in [0.29, 0.717) is 16.9 Å². The summed E-state index contributed by atoms with van der Waals surface area (Å²) in [6, 6.07) is 27.1. The Morgan fingerprint density at radius 1 is 0.850 bits per heavy atom. The number of hydrogen-bond acceptors (Lipinski definition) is 4. The van der Waals surface area contributed by atoms with Crippen molar-refractivity contribution in [3.05, 3.63) is 130 Å². The van der Waals surface area contributed by atoms with Crippen molar-refractivity contribution < 1.29 is 18.8 Å². The highest BCUT2D eigenvalue weighted by Gasteiger charge is 2.15. The first-order chi connectivity index (χ1) is 19.3. The molecule has 0 bridgehead atoms. The first-order valence-corrected chi connectivity index (χ1v) is 13.6. The van der Waals surface area contributed by atoms with Crippen molar-refractivity contribution in [2.45, 2.75) is 11.8 Å². The highest BCUT2D eigenvalue weighted by atomic mass is 35.5. The Hall–Kier alpha value is -4.40. The van der Waals surface area contributed by atoms with Crippen molar-refractivity contribution in [2.75, 3.05) is 16.4 Å². The molecular weight excluding hydrogens is 549 g/mol. The van der Waals surface area contributed by atoms with Crippen molar-refractivity contribution in [2.24, 2.45) is 0 Å². The van der Waals surface area contributed by atoms with E-state index >= 15 is 0 Å². The minimum atomic E-state index is -0.565. The average molecular weight is 574 g/mol. The van der Waals surface area contributed by atoms with Gasteiger partial charge in [-0.05, 0) is 67.1 Å². The molecule has 9 heteroatoms. The normalized spacial score (nSPS) is 11.0. The molecule has 0 heterocycles. The lowest BCUT2D eigenvalue weighted by molar-refractivity contribution is -0.114. The van der Waals surface area contributed by atoms with Crippen LogP contribution < -0.4 is 16.0 Å². The van der Waals surface area contributed by atoms with Crippen LogP contribution in [-0.4, -0.2) is 23.5 Å². The summed E-state index contributed by atoms with van der Waals surface area (Å²) in [6.45, 7) is 1.96. The molecule has 0 spiro atoms. The summed E-state index contributed by atoms with van der Waals surface area (Å²) < 4.78 is 13.3. The molecule has 3 N–H and O–H groups in total. The van der Waals surface area contributed by atoms with Crippen LogP contribution in [0.15, 0.2) is 108 Å². The fraction of sp³-hybridized carbons (Fsp3) is 0.0645. The van der Waals surface area contributed by atoms with E-state index in [1.807, 2.05) is 37.3 Å². The van der Waals surface area contributed by atoms with Gasteiger partial charge in [-0.2, -0.15) is 0 Å². The lowest BCUT2D eigenvalue weighted by Crippen LogP contribution is -2.30. The summed E-state index contributed by atoms with van der Waals surface area (Å²) in [5, 5.41) is 8.14. The first-order valence-electron chi connectivity index (χ1n) is 12.2. The average Bonchev–Trinajstić information content (AvgIpc) is 2.95. The van der Waals surface area contributed by atoms with Gasteiger partial charge in [0.1, 0.15) is 11.5 Å². The molecule has 40 heavy (non-hydrogen) atoms. The van der Waals surface area contributed by atoms with Crippen LogP contribution in [0.25, 0.3) is 6.08 Å². The molecule has 0 fully saturated rings. The number of amides is 3. The van der Waals surface area contributed by atoms with Crippen molar-refractivity contribution in [3.63, 3.8) is 0 Å². The van der Waals surface area contributed by atoms with Crippen LogP contribution in [0.4, 0.5) is 15.8 Å². The molecule has 4 aromatic rings. The molecule has 4 rings (SSSR count). The first kappa shape index (κ1) is 28.6. The number of benzene rings is 4. The second-order valence-electron chi connectivity index (χ2n) is 8.74. The zero-order valence-electron chi connectivity index (χ0n) is 21.4. The van der Waals surface area contributed by atoms with Crippen LogP contribution in [0, 0.1) is 12.7 Å². The van der Waals surface area contributed by atoms with Gasteiger partial charge in [-0.15, -0.1) is 11.8 Å². The number of halogens is 2. The smallest absolute Gasteiger partial charge is 0.272 e. The summed E-state index contributed by atoms with van der Waals surface area (Å²) in [7, 11) is 0. The second-order valence-corrected chi connectivity index (χ2v) is 10.2. The van der Waals surface area contributed by atoms with Gasteiger partial charge >= 0.3 is 0 Å². The SMILES string of the molecule is Cc1ccc(/C=C(\NC(=O)c2ccccc2)C(=O)Nc2cccc(SCC(=O)Nc3ccc(F)c(Cl)c3)c2)cc1. The largest absolute Gasteiger partial charge is 0.325 e. The molecule has 0 aliphatic heterocycles. The van der Waals surface area contributed by atoms with Gasteiger partial charge in [0, 0.05) is 21.8 Å². The van der Waals surface area contributed by atoms with Gasteiger partial charge in [0.25, 0.3) is 11.8 Å². The van der Waals surface area contributed by atoms with E-state index in [1.165, 1.54) is 30.0 Å². The number of carbonyl (C=O) groups excluding carboxylic acids is 3. The van der Waals surface area contributed by atoms with Crippen LogP contribution in [0.2, 0.25) is 5.02 Å². The molecule has 0 aliphatic rings. The zero-order chi connectivity index (χ0) is 28.5. The monoisotopic (exact) mass is 573 g/mol. The maximum Gasteiger partial charge on any atom is 0.272 e. The Balaban J connectivity index is 1.44. The highest BCUT2D eigenvalue weighted by Crippen LogP contribution is 2.24. The Labute approximate surface area is 240 Å². The lowest BCUT2D eigenvalue weighted by atomic mass is 10.1. The number of carbonyl (C=O) groups is 3. The molecule has 0 unspecified atom stereocenters. The molecule has 6 nitrogen and oxygen atoms in total. The summed E-state index contributed by atoms with van der Waals surface area (Å²) in [5.74, 6) is -1.69. The molecule has 0 aliphatic carbocycles. The van der Waals surface area contributed by atoms with Gasteiger partial charge in [0.05, 0.1) is 10.8 Å². The number of hydrogen-bond donors (Lipinski definition) is 3. The van der Waals surface area contributed by atoms with E-state index in [0.717, 1.165) is 16.0 Å². The minimum Gasteiger partial charge on any atom is -0.325 e. The quantitative estimate of drug-likeness (QED) is 0.150. The van der Waals surface area contributed by atoms with E-state index < -0.39 is 17.6 Å². The predicted octanol–water partition coefficient (Wildman–Crippen LogP) is 6.93. The van der Waals surface area contributed by atoms with Crippen molar-refractivity contribution in [1.82, 2.24) is 5.32 Å². The standard InChI is InChI=1S/C31H25ClFN3O3S/c1-20-10-12-21(13-11-20)16-28(36-30(38)22-6-3-2-4-7-22)31(39)35-23-8-5-9-25(17-23)40-19-29(37)34-24-14-15-27(33)26(32)18-24/h2-18H,19H2,1H3,(H,34,37)(H,35,39)(H,36,38)/b28-16-. The number of thioether (sulfide) groups is 1. The van der Waals surface area contributed by atoms with E-state index in [1.54, 1.807) is 54.6 Å². The molecule has 0 saturated heterocycles. The maximum absolute atomic E-state index is 13.3. The Kier molecular flexibility index (Phi) is 9.72. The minimum absolute atomic E-state index is 0.0769. The molecule has 202 valence electrons. The van der Waals surface area contributed by atoms with Crippen LogP contribution in [0.3, 0.4) is 0 Å². The maximum atomic E-state index is 13.3. The van der Waals surface area contributed by atoms with Gasteiger partial charge < -0.3 is 16.0 Å². The van der Waals surface area contributed by atoms with E-state index in [-0.39, 0.29) is 22.4 Å². The third kappa shape index (κ3) is 8.30. The van der Waals surface area contributed by atoms with Crippen molar-refractivity contribution in [3.8, 4) is 0 Å². The van der Waals surface area contributed by atoms with E-state index in [4.69, 9.17) is 11.6 Å². The highest BCUT2D eigenvalue weighted by molar-refractivity contribution is 8.00. The third-order valence-electron chi connectivity index (χ3n) is 5.58. The van der Waals surface area contributed by atoms with E-state index in [9.17, 15) is 18.8 Å². The van der Waals surface area contributed by atoms with Gasteiger partial charge in [0.2, 0.25) is 5.91 Å². The van der Waals surface area contributed by atoms with Gasteiger partial charge in [-0.3, -0.25) is 14.4 Å². The lowest BCUT2D eigenvalue weighted by Gasteiger charge is -2.12. The molecule has 0 aromatic heterocycles. The third-order valence-corrected chi connectivity index (χ3v) is 6.87. The Bertz CT molecular complexity index is 1560. The summed E-state index contributed by atoms with van der Waals surface area (Å²) in [4.78, 5) is 39.2. The van der Waals surface area contributed by atoms with Crippen LogP contribution in [0.5, 0.6) is 0 Å². The van der Waals surface area contributed by atoms with E-state index in [2.05, 4.69) is 16.0 Å². The topological polar surface area (TPSA) is 87.3 Å². The molecule has 3 amide bonds. The molecular formula is C31H25ClFN3O3S. The summed E-state index contributed by atoms with van der Waals surface area (Å²) in [6.07, 6.45) is 1.61.